The van der Waals surface area contributed by atoms with Crippen LogP contribution in [0.1, 0.15) is 18.5 Å². The molecule has 19 heavy (non-hydrogen) atoms. The number of hydrogen-bond donors (Lipinski definition) is 3. The number of imidazole rings is 1. The molecule has 3 N–H and O–H groups in total. The fourth-order valence-corrected chi connectivity index (χ4v) is 2.05. The van der Waals surface area contributed by atoms with Crippen molar-refractivity contribution in [3.05, 3.63) is 18.2 Å². The van der Waals surface area contributed by atoms with E-state index >= 15 is 0 Å². The lowest BCUT2D eigenvalue weighted by atomic mass is 10.0. The van der Waals surface area contributed by atoms with Gasteiger partial charge in [-0.3, -0.25) is 4.79 Å². The van der Waals surface area contributed by atoms with Crippen LogP contribution >= 0.6 is 0 Å². The highest BCUT2D eigenvalue weighted by Gasteiger charge is 2.27. The summed E-state index contributed by atoms with van der Waals surface area (Å²) in [6.45, 7) is 1.03. The van der Waals surface area contributed by atoms with Gasteiger partial charge in [0.2, 0.25) is 5.91 Å². The zero-order valence-electron chi connectivity index (χ0n) is 10.5. The molecule has 2 rings (SSSR count). The Morgan fingerprint density at radius 1 is 1.63 bits per heavy atom. The maximum atomic E-state index is 12.0. The predicted octanol–water partition coefficient (Wildman–Crippen LogP) is -0.0518. The van der Waals surface area contributed by atoms with Gasteiger partial charge in [-0.1, -0.05) is 0 Å². The van der Waals surface area contributed by atoms with Crippen LogP contribution in [0.3, 0.4) is 0 Å². The number of carbonyl (C=O) groups is 2. The SMILES string of the molecule is O=C(N[C@H](Cc1cnc[nH]1)C(=O)O)C1CCCOC1. The third-order valence-corrected chi connectivity index (χ3v) is 3.12. The Kier molecular flexibility index (Phi) is 4.51. The van der Waals surface area contributed by atoms with E-state index in [4.69, 9.17) is 9.84 Å². The van der Waals surface area contributed by atoms with E-state index in [0.717, 1.165) is 12.8 Å². The van der Waals surface area contributed by atoms with Crippen molar-refractivity contribution in [1.82, 2.24) is 15.3 Å². The molecule has 1 fully saturated rings. The number of rotatable bonds is 5. The van der Waals surface area contributed by atoms with E-state index in [0.29, 0.717) is 18.9 Å². The van der Waals surface area contributed by atoms with E-state index in [1.54, 1.807) is 6.20 Å². The monoisotopic (exact) mass is 267 g/mol. The summed E-state index contributed by atoms with van der Waals surface area (Å²) < 4.78 is 5.23. The number of carboxylic acids is 1. The van der Waals surface area contributed by atoms with Crippen LogP contribution in [0.2, 0.25) is 0 Å². The standard InChI is InChI=1S/C12H17N3O4/c16-11(8-2-1-3-19-6-8)15-10(12(17)18)4-9-5-13-7-14-9/h5,7-8,10H,1-4,6H2,(H,13,14)(H,15,16)(H,17,18)/t8?,10-/m1/s1. The Morgan fingerprint density at radius 2 is 2.47 bits per heavy atom. The van der Waals surface area contributed by atoms with Crippen molar-refractivity contribution in [2.45, 2.75) is 25.3 Å². The summed E-state index contributed by atoms with van der Waals surface area (Å²) in [5, 5.41) is 11.7. The average Bonchev–Trinajstić information content (AvgIpc) is 2.91. The number of hydrogen-bond acceptors (Lipinski definition) is 4. The smallest absolute Gasteiger partial charge is 0.326 e. The molecule has 104 valence electrons. The molecular formula is C12H17N3O4. The van der Waals surface area contributed by atoms with Crippen LogP contribution in [0.15, 0.2) is 12.5 Å². The van der Waals surface area contributed by atoms with Crippen LogP contribution in [0.25, 0.3) is 0 Å². The molecule has 1 aliphatic heterocycles. The van der Waals surface area contributed by atoms with Gasteiger partial charge in [0.05, 0.1) is 18.9 Å². The second kappa shape index (κ2) is 6.33. The number of nitrogens with one attached hydrogen (secondary N) is 2. The number of ether oxygens (including phenoxy) is 1. The van der Waals surface area contributed by atoms with Gasteiger partial charge in [0, 0.05) is 24.9 Å². The second-order valence-electron chi connectivity index (χ2n) is 4.59. The quantitative estimate of drug-likeness (QED) is 0.693. The zero-order chi connectivity index (χ0) is 13.7. The number of amides is 1. The van der Waals surface area contributed by atoms with E-state index in [-0.39, 0.29) is 18.2 Å². The molecule has 0 bridgehead atoms. The number of aromatic nitrogens is 2. The van der Waals surface area contributed by atoms with E-state index in [1.807, 2.05) is 0 Å². The number of aliphatic carboxylic acids is 1. The molecule has 1 unspecified atom stereocenters. The average molecular weight is 267 g/mol. The lowest BCUT2D eigenvalue weighted by Crippen LogP contribution is -2.46. The van der Waals surface area contributed by atoms with Gasteiger partial charge < -0.3 is 20.1 Å². The highest BCUT2D eigenvalue weighted by Crippen LogP contribution is 2.14. The lowest BCUT2D eigenvalue weighted by Gasteiger charge is -2.23. The van der Waals surface area contributed by atoms with Gasteiger partial charge in [0.25, 0.3) is 0 Å². The largest absolute Gasteiger partial charge is 0.480 e. The maximum absolute atomic E-state index is 12.0. The van der Waals surface area contributed by atoms with Crippen LogP contribution in [0.5, 0.6) is 0 Å². The van der Waals surface area contributed by atoms with Crippen molar-refractivity contribution in [1.29, 1.82) is 0 Å². The number of H-pyrrole nitrogens is 1. The number of carbonyl (C=O) groups excluding carboxylic acids is 1. The third-order valence-electron chi connectivity index (χ3n) is 3.12. The molecule has 2 heterocycles. The summed E-state index contributed by atoms with van der Waals surface area (Å²) in [6, 6.07) is -0.949. The molecule has 1 amide bonds. The Bertz CT molecular complexity index is 426. The topological polar surface area (TPSA) is 104 Å². The minimum atomic E-state index is -1.06. The summed E-state index contributed by atoms with van der Waals surface area (Å²) >= 11 is 0. The van der Waals surface area contributed by atoms with Crippen LogP contribution < -0.4 is 5.32 Å². The molecule has 0 aliphatic carbocycles. The summed E-state index contributed by atoms with van der Waals surface area (Å²) in [6.07, 6.45) is 4.78. The molecule has 1 aliphatic rings. The van der Waals surface area contributed by atoms with Gasteiger partial charge in [-0.05, 0) is 12.8 Å². The Morgan fingerprint density at radius 3 is 3.05 bits per heavy atom. The maximum Gasteiger partial charge on any atom is 0.326 e. The fraction of sp³-hybridized carbons (Fsp3) is 0.583. The molecule has 0 radical (unpaired) electrons. The highest BCUT2D eigenvalue weighted by molar-refractivity contribution is 5.85. The first kappa shape index (κ1) is 13.5. The summed E-state index contributed by atoms with van der Waals surface area (Å²) in [4.78, 5) is 29.8. The first-order valence-electron chi connectivity index (χ1n) is 6.25. The van der Waals surface area contributed by atoms with E-state index in [9.17, 15) is 9.59 Å². The van der Waals surface area contributed by atoms with Gasteiger partial charge in [-0.25, -0.2) is 9.78 Å². The molecule has 0 saturated carbocycles. The second-order valence-corrected chi connectivity index (χ2v) is 4.59. The molecule has 7 nitrogen and oxygen atoms in total. The van der Waals surface area contributed by atoms with Crippen molar-refractivity contribution in [2.75, 3.05) is 13.2 Å². The third kappa shape index (κ3) is 3.78. The van der Waals surface area contributed by atoms with Crippen LogP contribution in [0.4, 0.5) is 0 Å². The van der Waals surface area contributed by atoms with Crippen LogP contribution in [-0.2, 0) is 20.7 Å². The Hall–Kier alpha value is -1.89. The van der Waals surface area contributed by atoms with E-state index in [1.165, 1.54) is 6.33 Å². The first-order valence-corrected chi connectivity index (χ1v) is 6.25. The van der Waals surface area contributed by atoms with Gasteiger partial charge in [-0.2, -0.15) is 0 Å². The van der Waals surface area contributed by atoms with E-state index in [2.05, 4.69) is 15.3 Å². The lowest BCUT2D eigenvalue weighted by molar-refractivity contribution is -0.143. The Balaban J connectivity index is 1.92. The predicted molar refractivity (Wildman–Crippen MR) is 65.4 cm³/mol. The number of nitrogens with zero attached hydrogens (tertiary/aromatic N) is 1. The molecule has 0 aromatic carbocycles. The van der Waals surface area contributed by atoms with Crippen molar-refractivity contribution in [2.24, 2.45) is 5.92 Å². The van der Waals surface area contributed by atoms with Crippen molar-refractivity contribution < 1.29 is 19.4 Å². The van der Waals surface area contributed by atoms with E-state index < -0.39 is 12.0 Å². The number of aromatic amines is 1. The van der Waals surface area contributed by atoms with Gasteiger partial charge in [-0.15, -0.1) is 0 Å². The molecule has 1 saturated heterocycles. The molecule has 1 aromatic rings. The van der Waals surface area contributed by atoms with Crippen molar-refractivity contribution >= 4 is 11.9 Å². The zero-order valence-corrected chi connectivity index (χ0v) is 10.5. The minimum absolute atomic E-state index is 0.189. The first-order chi connectivity index (χ1) is 9.16. The van der Waals surface area contributed by atoms with Crippen LogP contribution in [0, 0.1) is 5.92 Å². The summed E-state index contributed by atoms with van der Waals surface area (Å²) in [5.41, 5.74) is 0.674. The van der Waals surface area contributed by atoms with Gasteiger partial charge in [0.1, 0.15) is 6.04 Å². The Labute approximate surface area is 110 Å². The molecule has 2 atom stereocenters. The summed E-state index contributed by atoms with van der Waals surface area (Å²) in [7, 11) is 0. The van der Waals surface area contributed by atoms with Gasteiger partial charge in [0.15, 0.2) is 0 Å². The van der Waals surface area contributed by atoms with Crippen molar-refractivity contribution in [3.8, 4) is 0 Å². The molecule has 1 aromatic heterocycles. The molecule has 7 heteroatoms. The molecule has 0 spiro atoms. The number of carboxylic acid groups (broad SMARTS) is 1. The van der Waals surface area contributed by atoms with Crippen molar-refractivity contribution in [3.63, 3.8) is 0 Å². The summed E-state index contributed by atoms with van der Waals surface area (Å²) in [5.74, 6) is -1.57. The van der Waals surface area contributed by atoms with Crippen LogP contribution in [-0.4, -0.2) is 46.2 Å². The fourth-order valence-electron chi connectivity index (χ4n) is 2.05. The van der Waals surface area contributed by atoms with Gasteiger partial charge >= 0.3 is 5.97 Å². The minimum Gasteiger partial charge on any atom is -0.480 e. The highest BCUT2D eigenvalue weighted by atomic mass is 16.5. The normalized spacial score (nSPS) is 20.7. The molecular weight excluding hydrogens is 250 g/mol.